The molecule has 1 amide bonds. The fourth-order valence-electron chi connectivity index (χ4n) is 2.12. The number of pyridine rings is 1. The zero-order valence-corrected chi connectivity index (χ0v) is 10.2. The van der Waals surface area contributed by atoms with Crippen molar-refractivity contribution in [1.29, 1.82) is 0 Å². The molecule has 1 saturated carbocycles. The van der Waals surface area contributed by atoms with E-state index >= 15 is 0 Å². The molecule has 0 unspecified atom stereocenters. The Morgan fingerprint density at radius 2 is 2.12 bits per heavy atom. The fraction of sp³-hybridized carbons (Fsp3) is 0.500. The zero-order valence-electron chi connectivity index (χ0n) is 9.49. The van der Waals surface area contributed by atoms with Gasteiger partial charge in [0, 0.05) is 18.3 Å². The lowest BCUT2D eigenvalue weighted by Gasteiger charge is -2.12. The summed E-state index contributed by atoms with van der Waals surface area (Å²) >= 11 is 5.78. The molecule has 1 aliphatic rings. The highest BCUT2D eigenvalue weighted by Crippen LogP contribution is 2.17. The van der Waals surface area contributed by atoms with Crippen molar-refractivity contribution in [3.63, 3.8) is 0 Å². The van der Waals surface area contributed by atoms with Crippen LogP contribution in [-0.2, 0) is 11.3 Å². The molecule has 1 N–H and O–H groups in total. The monoisotopic (exact) mass is 254 g/mol. The van der Waals surface area contributed by atoms with Gasteiger partial charge >= 0.3 is 0 Å². The average molecular weight is 255 g/mol. The van der Waals surface area contributed by atoms with E-state index in [9.17, 15) is 9.59 Å². The number of carbonyl (C=O) groups excluding carboxylic acids is 1. The minimum absolute atomic E-state index is 0.0376. The predicted octanol–water partition coefficient (Wildman–Crippen LogP) is 1.56. The van der Waals surface area contributed by atoms with E-state index in [0.717, 1.165) is 12.8 Å². The number of amides is 1. The molecule has 1 fully saturated rings. The lowest BCUT2D eigenvalue weighted by Crippen LogP contribution is -2.37. The van der Waals surface area contributed by atoms with Gasteiger partial charge in [0.1, 0.15) is 6.54 Å². The van der Waals surface area contributed by atoms with Crippen molar-refractivity contribution < 1.29 is 4.79 Å². The van der Waals surface area contributed by atoms with Gasteiger partial charge in [-0.05, 0) is 18.9 Å². The molecule has 1 aromatic rings. The van der Waals surface area contributed by atoms with Crippen molar-refractivity contribution in [2.75, 3.05) is 0 Å². The number of aromatic nitrogens is 1. The van der Waals surface area contributed by atoms with Crippen molar-refractivity contribution in [2.24, 2.45) is 0 Å². The second-order valence-electron chi connectivity index (χ2n) is 4.36. The van der Waals surface area contributed by atoms with E-state index in [1.54, 1.807) is 0 Å². The molecule has 4 nitrogen and oxygen atoms in total. The van der Waals surface area contributed by atoms with E-state index in [0.29, 0.717) is 5.02 Å². The number of hydrogen-bond donors (Lipinski definition) is 1. The summed E-state index contributed by atoms with van der Waals surface area (Å²) in [5.74, 6) is -0.124. The lowest BCUT2D eigenvalue weighted by atomic mass is 10.2. The Labute approximate surface area is 105 Å². The van der Waals surface area contributed by atoms with E-state index in [2.05, 4.69) is 5.32 Å². The van der Waals surface area contributed by atoms with Crippen LogP contribution in [0.5, 0.6) is 0 Å². The molecule has 1 heterocycles. The Bertz CT molecular complexity index is 464. The largest absolute Gasteiger partial charge is 0.352 e. The first-order valence-corrected chi connectivity index (χ1v) is 6.18. The number of nitrogens with one attached hydrogen (secondary N) is 1. The number of halogens is 1. The van der Waals surface area contributed by atoms with Gasteiger partial charge in [0.05, 0.1) is 5.02 Å². The van der Waals surface area contributed by atoms with Gasteiger partial charge in [-0.15, -0.1) is 0 Å². The first kappa shape index (κ1) is 12.2. The molecule has 17 heavy (non-hydrogen) atoms. The summed E-state index contributed by atoms with van der Waals surface area (Å²) in [5, 5.41) is 3.39. The van der Waals surface area contributed by atoms with Gasteiger partial charge in [0.25, 0.3) is 5.56 Å². The topological polar surface area (TPSA) is 51.1 Å². The Hall–Kier alpha value is -1.29. The normalized spacial score (nSPS) is 16.1. The minimum Gasteiger partial charge on any atom is -0.352 e. The second-order valence-corrected chi connectivity index (χ2v) is 4.80. The standard InChI is InChI=1S/C12H15ClN2O2/c13-9-5-6-12(17)15(7-9)8-11(16)14-10-3-1-2-4-10/h5-7,10H,1-4,8H2,(H,14,16). The van der Waals surface area contributed by atoms with Crippen LogP contribution in [0.15, 0.2) is 23.1 Å². The summed E-state index contributed by atoms with van der Waals surface area (Å²) in [4.78, 5) is 23.2. The minimum atomic E-state index is -0.212. The SMILES string of the molecule is O=C(Cn1cc(Cl)ccc1=O)NC1CCCC1. The predicted molar refractivity (Wildman–Crippen MR) is 66.1 cm³/mol. The van der Waals surface area contributed by atoms with E-state index in [1.165, 1.54) is 35.7 Å². The smallest absolute Gasteiger partial charge is 0.251 e. The second kappa shape index (κ2) is 5.36. The molecule has 2 rings (SSSR count). The van der Waals surface area contributed by atoms with Crippen molar-refractivity contribution in [1.82, 2.24) is 9.88 Å². The first-order chi connectivity index (χ1) is 8.15. The summed E-state index contributed by atoms with van der Waals surface area (Å²) in [7, 11) is 0. The molecule has 0 saturated heterocycles. The number of hydrogen-bond acceptors (Lipinski definition) is 2. The van der Waals surface area contributed by atoms with Crippen LogP contribution in [0.4, 0.5) is 0 Å². The third-order valence-corrected chi connectivity index (χ3v) is 3.21. The Morgan fingerprint density at radius 1 is 1.41 bits per heavy atom. The van der Waals surface area contributed by atoms with Crippen molar-refractivity contribution in [2.45, 2.75) is 38.3 Å². The van der Waals surface area contributed by atoms with Gasteiger partial charge < -0.3 is 9.88 Å². The summed E-state index contributed by atoms with van der Waals surface area (Å²) in [6, 6.07) is 3.16. The van der Waals surface area contributed by atoms with Gasteiger partial charge in [-0.3, -0.25) is 9.59 Å². The van der Waals surface area contributed by atoms with Crippen LogP contribution in [0.3, 0.4) is 0 Å². The van der Waals surface area contributed by atoms with Gasteiger partial charge in [0.2, 0.25) is 5.91 Å². The van der Waals surface area contributed by atoms with Crippen LogP contribution in [-0.4, -0.2) is 16.5 Å². The van der Waals surface area contributed by atoms with Gasteiger partial charge in [-0.2, -0.15) is 0 Å². The molecule has 0 atom stereocenters. The van der Waals surface area contributed by atoms with Gasteiger partial charge in [-0.25, -0.2) is 0 Å². The number of nitrogens with zero attached hydrogens (tertiary/aromatic N) is 1. The third kappa shape index (κ3) is 3.33. The molecular formula is C12H15ClN2O2. The maximum atomic E-state index is 11.7. The molecule has 1 aromatic heterocycles. The summed E-state index contributed by atoms with van der Waals surface area (Å²) in [6.45, 7) is 0.0376. The molecule has 1 aliphatic carbocycles. The average Bonchev–Trinajstić information content (AvgIpc) is 2.76. The Kier molecular flexibility index (Phi) is 3.84. The first-order valence-electron chi connectivity index (χ1n) is 5.80. The molecule has 0 spiro atoms. The highest BCUT2D eigenvalue weighted by Gasteiger charge is 2.17. The zero-order chi connectivity index (χ0) is 12.3. The molecule has 0 aromatic carbocycles. The highest BCUT2D eigenvalue weighted by atomic mass is 35.5. The van der Waals surface area contributed by atoms with Crippen LogP contribution in [0, 0.1) is 0 Å². The van der Waals surface area contributed by atoms with Gasteiger partial charge in [-0.1, -0.05) is 24.4 Å². The fourth-order valence-corrected chi connectivity index (χ4v) is 2.30. The molecule has 0 radical (unpaired) electrons. The van der Waals surface area contributed by atoms with E-state index in [-0.39, 0.29) is 24.1 Å². The van der Waals surface area contributed by atoms with Crippen LogP contribution in [0.2, 0.25) is 5.02 Å². The van der Waals surface area contributed by atoms with Crippen LogP contribution in [0.1, 0.15) is 25.7 Å². The number of carbonyl (C=O) groups is 1. The number of rotatable bonds is 3. The van der Waals surface area contributed by atoms with Crippen LogP contribution in [0.25, 0.3) is 0 Å². The van der Waals surface area contributed by atoms with Crippen LogP contribution < -0.4 is 10.9 Å². The highest BCUT2D eigenvalue weighted by molar-refractivity contribution is 6.30. The Morgan fingerprint density at radius 3 is 2.82 bits per heavy atom. The van der Waals surface area contributed by atoms with Gasteiger partial charge in [0.15, 0.2) is 0 Å². The van der Waals surface area contributed by atoms with Crippen molar-refractivity contribution in [3.05, 3.63) is 33.7 Å². The molecule has 0 aliphatic heterocycles. The van der Waals surface area contributed by atoms with E-state index in [4.69, 9.17) is 11.6 Å². The maximum Gasteiger partial charge on any atom is 0.251 e. The van der Waals surface area contributed by atoms with Crippen molar-refractivity contribution >= 4 is 17.5 Å². The summed E-state index contributed by atoms with van der Waals surface area (Å²) < 4.78 is 1.33. The lowest BCUT2D eigenvalue weighted by molar-refractivity contribution is -0.122. The maximum absolute atomic E-state index is 11.7. The molecular weight excluding hydrogens is 240 g/mol. The molecule has 92 valence electrons. The molecule has 5 heteroatoms. The summed E-state index contributed by atoms with van der Waals surface area (Å²) in [5.41, 5.74) is -0.212. The Balaban J connectivity index is 1.97. The quantitative estimate of drug-likeness (QED) is 0.890. The van der Waals surface area contributed by atoms with Crippen LogP contribution >= 0.6 is 11.6 Å². The third-order valence-electron chi connectivity index (χ3n) is 2.98. The van der Waals surface area contributed by atoms with E-state index in [1.807, 2.05) is 0 Å². The summed E-state index contributed by atoms with van der Waals surface area (Å²) in [6.07, 6.45) is 5.90. The molecule has 0 bridgehead atoms. The van der Waals surface area contributed by atoms with Crippen molar-refractivity contribution in [3.8, 4) is 0 Å². The van der Waals surface area contributed by atoms with E-state index < -0.39 is 0 Å².